The highest BCUT2D eigenvalue weighted by molar-refractivity contribution is 6.03. The van der Waals surface area contributed by atoms with Crippen molar-refractivity contribution in [2.75, 3.05) is 0 Å². The van der Waals surface area contributed by atoms with Crippen LogP contribution in [0.25, 0.3) is 5.57 Å². The molecule has 0 saturated heterocycles. The summed E-state index contributed by atoms with van der Waals surface area (Å²) in [7, 11) is 0. The summed E-state index contributed by atoms with van der Waals surface area (Å²) in [5.74, 6) is -1.39. The van der Waals surface area contributed by atoms with Gasteiger partial charge in [-0.05, 0) is 35.6 Å². The highest BCUT2D eigenvalue weighted by Crippen LogP contribution is 2.31. The number of rotatable bonds is 4. The molecule has 100 valence electrons. The van der Waals surface area contributed by atoms with E-state index in [1.54, 1.807) is 0 Å². The highest BCUT2D eigenvalue weighted by atomic mass is 16.4. The maximum atomic E-state index is 11.5. The maximum Gasteiger partial charge on any atom is 0.311 e. The number of hydrogen-bond acceptors (Lipinski definition) is 2. The minimum atomic E-state index is -0.851. The molecule has 0 heterocycles. The zero-order valence-corrected chi connectivity index (χ0v) is 11.1. The molecule has 0 bridgehead atoms. The first-order valence-electron chi connectivity index (χ1n) is 6.68. The molecule has 1 atom stereocenters. The predicted octanol–water partition coefficient (Wildman–Crippen LogP) is 3.09. The van der Waals surface area contributed by atoms with Gasteiger partial charge in [-0.3, -0.25) is 9.59 Å². The SMILES string of the molecule is CCCc1ccc(C2=CC(=O)CCC2C(=O)O)cc1. The second-order valence-corrected chi connectivity index (χ2v) is 4.94. The van der Waals surface area contributed by atoms with Crippen LogP contribution in [0.3, 0.4) is 0 Å². The molecule has 1 N–H and O–H groups in total. The Bertz CT molecular complexity index is 511. The lowest BCUT2D eigenvalue weighted by molar-refractivity contribution is -0.140. The van der Waals surface area contributed by atoms with Crippen molar-refractivity contribution in [2.45, 2.75) is 32.6 Å². The zero-order chi connectivity index (χ0) is 13.8. The first-order valence-corrected chi connectivity index (χ1v) is 6.68. The van der Waals surface area contributed by atoms with Crippen LogP contribution in [0.15, 0.2) is 30.3 Å². The van der Waals surface area contributed by atoms with E-state index < -0.39 is 11.9 Å². The van der Waals surface area contributed by atoms with Gasteiger partial charge in [-0.15, -0.1) is 0 Å². The number of benzene rings is 1. The van der Waals surface area contributed by atoms with Gasteiger partial charge in [0.15, 0.2) is 5.78 Å². The molecule has 0 aromatic heterocycles. The van der Waals surface area contributed by atoms with Gasteiger partial charge in [0.05, 0.1) is 5.92 Å². The number of aliphatic carboxylic acids is 1. The second-order valence-electron chi connectivity index (χ2n) is 4.94. The number of carboxylic acid groups (broad SMARTS) is 1. The van der Waals surface area contributed by atoms with Crippen molar-refractivity contribution in [3.8, 4) is 0 Å². The van der Waals surface area contributed by atoms with Crippen molar-refractivity contribution >= 4 is 17.3 Å². The number of ketones is 1. The Hall–Kier alpha value is -1.90. The van der Waals surface area contributed by atoms with E-state index in [0.717, 1.165) is 18.4 Å². The third kappa shape index (κ3) is 3.11. The van der Waals surface area contributed by atoms with Crippen molar-refractivity contribution < 1.29 is 14.7 Å². The van der Waals surface area contributed by atoms with Gasteiger partial charge in [0.1, 0.15) is 0 Å². The average Bonchev–Trinajstić information content (AvgIpc) is 2.39. The van der Waals surface area contributed by atoms with Gasteiger partial charge in [0.2, 0.25) is 0 Å². The zero-order valence-electron chi connectivity index (χ0n) is 11.1. The smallest absolute Gasteiger partial charge is 0.311 e. The molecular formula is C16H18O3. The fourth-order valence-electron chi connectivity index (χ4n) is 2.48. The summed E-state index contributed by atoms with van der Waals surface area (Å²) in [6.45, 7) is 2.12. The fourth-order valence-corrected chi connectivity index (χ4v) is 2.48. The number of carboxylic acids is 1. The van der Waals surface area contributed by atoms with Crippen LogP contribution in [-0.4, -0.2) is 16.9 Å². The maximum absolute atomic E-state index is 11.5. The average molecular weight is 258 g/mol. The van der Waals surface area contributed by atoms with E-state index in [0.29, 0.717) is 18.4 Å². The van der Waals surface area contributed by atoms with Crippen LogP contribution in [0.5, 0.6) is 0 Å². The topological polar surface area (TPSA) is 54.4 Å². The molecule has 3 heteroatoms. The number of carbonyl (C=O) groups excluding carboxylic acids is 1. The molecule has 0 radical (unpaired) electrons. The molecule has 0 fully saturated rings. The van der Waals surface area contributed by atoms with Gasteiger partial charge >= 0.3 is 5.97 Å². The van der Waals surface area contributed by atoms with E-state index in [4.69, 9.17) is 0 Å². The third-order valence-electron chi connectivity index (χ3n) is 3.50. The molecule has 0 aliphatic heterocycles. The molecular weight excluding hydrogens is 240 g/mol. The van der Waals surface area contributed by atoms with E-state index in [9.17, 15) is 14.7 Å². The number of carbonyl (C=O) groups is 2. The van der Waals surface area contributed by atoms with Gasteiger partial charge in [-0.2, -0.15) is 0 Å². The Morgan fingerprint density at radius 3 is 2.58 bits per heavy atom. The van der Waals surface area contributed by atoms with E-state index in [-0.39, 0.29) is 5.78 Å². The minimum absolute atomic E-state index is 0.0186. The predicted molar refractivity (Wildman–Crippen MR) is 73.8 cm³/mol. The molecule has 3 nitrogen and oxygen atoms in total. The van der Waals surface area contributed by atoms with E-state index in [2.05, 4.69) is 6.92 Å². The van der Waals surface area contributed by atoms with Crippen molar-refractivity contribution in [3.63, 3.8) is 0 Å². The minimum Gasteiger partial charge on any atom is -0.481 e. The largest absolute Gasteiger partial charge is 0.481 e. The summed E-state index contributed by atoms with van der Waals surface area (Å²) in [6.07, 6.45) is 4.32. The lowest BCUT2D eigenvalue weighted by Crippen LogP contribution is -2.21. The lowest BCUT2D eigenvalue weighted by atomic mass is 9.83. The normalized spacial score (nSPS) is 19.1. The third-order valence-corrected chi connectivity index (χ3v) is 3.50. The van der Waals surface area contributed by atoms with E-state index >= 15 is 0 Å². The van der Waals surface area contributed by atoms with Crippen LogP contribution in [-0.2, 0) is 16.0 Å². The van der Waals surface area contributed by atoms with Crippen molar-refractivity contribution in [1.82, 2.24) is 0 Å². The van der Waals surface area contributed by atoms with Crippen molar-refractivity contribution in [2.24, 2.45) is 5.92 Å². The summed E-state index contributed by atoms with van der Waals surface area (Å²) in [4.78, 5) is 22.8. The number of aryl methyl sites for hydroxylation is 1. The van der Waals surface area contributed by atoms with E-state index in [1.807, 2.05) is 24.3 Å². The van der Waals surface area contributed by atoms with Crippen molar-refractivity contribution in [3.05, 3.63) is 41.5 Å². The van der Waals surface area contributed by atoms with Gasteiger partial charge < -0.3 is 5.11 Å². The van der Waals surface area contributed by atoms with Crippen LogP contribution < -0.4 is 0 Å². The highest BCUT2D eigenvalue weighted by Gasteiger charge is 2.28. The Morgan fingerprint density at radius 2 is 2.00 bits per heavy atom. The van der Waals surface area contributed by atoms with Gasteiger partial charge in [-0.1, -0.05) is 37.6 Å². The van der Waals surface area contributed by atoms with Crippen LogP contribution in [0.1, 0.15) is 37.3 Å². The quantitative estimate of drug-likeness (QED) is 0.902. The second kappa shape index (κ2) is 5.83. The molecule has 1 aliphatic rings. The lowest BCUT2D eigenvalue weighted by Gasteiger charge is -2.20. The molecule has 1 aromatic rings. The summed E-state index contributed by atoms with van der Waals surface area (Å²) in [6, 6.07) is 7.87. The Balaban J connectivity index is 2.31. The number of hydrogen-bond donors (Lipinski definition) is 1. The molecule has 1 aliphatic carbocycles. The van der Waals surface area contributed by atoms with Gasteiger partial charge in [0.25, 0.3) is 0 Å². The Labute approximate surface area is 113 Å². The standard InChI is InChI=1S/C16H18O3/c1-2-3-11-4-6-12(7-5-11)15-10-13(17)8-9-14(15)16(18)19/h4-7,10,14H,2-3,8-9H2,1H3,(H,18,19). The van der Waals surface area contributed by atoms with Gasteiger partial charge in [0, 0.05) is 6.42 Å². The molecule has 0 saturated carbocycles. The molecule has 1 unspecified atom stereocenters. The summed E-state index contributed by atoms with van der Waals surface area (Å²) in [5.41, 5.74) is 2.73. The first-order chi connectivity index (χ1) is 9.11. The van der Waals surface area contributed by atoms with Crippen LogP contribution in [0.2, 0.25) is 0 Å². The summed E-state index contributed by atoms with van der Waals surface area (Å²) < 4.78 is 0. The molecule has 1 aromatic carbocycles. The van der Waals surface area contributed by atoms with Crippen molar-refractivity contribution in [1.29, 1.82) is 0 Å². The van der Waals surface area contributed by atoms with Crippen LogP contribution in [0.4, 0.5) is 0 Å². The van der Waals surface area contributed by atoms with Crippen LogP contribution >= 0.6 is 0 Å². The molecule has 2 rings (SSSR count). The molecule has 19 heavy (non-hydrogen) atoms. The Morgan fingerprint density at radius 1 is 1.32 bits per heavy atom. The van der Waals surface area contributed by atoms with E-state index in [1.165, 1.54) is 11.6 Å². The number of allylic oxidation sites excluding steroid dienone is 1. The first kappa shape index (κ1) is 13.5. The Kier molecular flexibility index (Phi) is 4.15. The van der Waals surface area contributed by atoms with Crippen LogP contribution in [0, 0.1) is 5.92 Å². The fraction of sp³-hybridized carbons (Fsp3) is 0.375. The summed E-state index contributed by atoms with van der Waals surface area (Å²) in [5, 5.41) is 9.24. The summed E-state index contributed by atoms with van der Waals surface area (Å²) >= 11 is 0. The van der Waals surface area contributed by atoms with Gasteiger partial charge in [-0.25, -0.2) is 0 Å². The molecule has 0 amide bonds. The monoisotopic (exact) mass is 258 g/mol. The molecule has 0 spiro atoms.